The van der Waals surface area contributed by atoms with Gasteiger partial charge < -0.3 is 15.5 Å². The first-order chi connectivity index (χ1) is 10.3. The average molecular weight is 344 g/mol. The molecule has 0 bridgehead atoms. The van der Waals surface area contributed by atoms with Gasteiger partial charge in [-0.2, -0.15) is 0 Å². The second kappa shape index (κ2) is 7.94. The van der Waals surface area contributed by atoms with Crippen LogP contribution in [0.1, 0.15) is 35.4 Å². The average Bonchev–Trinajstić information content (AvgIpc) is 3.19. The third-order valence-corrected chi connectivity index (χ3v) is 5.09. The number of amides is 2. The molecule has 0 radical (unpaired) electrons. The molecule has 2 amide bonds. The van der Waals surface area contributed by atoms with E-state index in [0.717, 1.165) is 43.6 Å². The lowest BCUT2D eigenvalue weighted by molar-refractivity contribution is -0.125. The molecule has 1 unspecified atom stereocenters. The maximum Gasteiger partial charge on any atom is 0.264 e. The molecule has 0 spiro atoms. The van der Waals surface area contributed by atoms with Crippen molar-refractivity contribution in [3.8, 4) is 0 Å². The molecule has 2 fully saturated rings. The lowest BCUT2D eigenvalue weighted by Gasteiger charge is -2.28. The first-order valence-corrected chi connectivity index (χ1v) is 8.49. The zero-order chi connectivity index (χ0) is 14.7. The van der Waals surface area contributed by atoms with E-state index in [4.69, 9.17) is 0 Å². The Kier molecular flexibility index (Phi) is 6.23. The monoisotopic (exact) mass is 343 g/mol. The highest BCUT2D eigenvalue weighted by Crippen LogP contribution is 2.22. The molecule has 7 heteroatoms. The van der Waals surface area contributed by atoms with Crippen molar-refractivity contribution in [2.45, 2.75) is 37.8 Å². The molecular formula is C15H22ClN3O2S. The molecule has 22 heavy (non-hydrogen) atoms. The highest BCUT2D eigenvalue weighted by Gasteiger charge is 2.35. The van der Waals surface area contributed by atoms with E-state index in [-0.39, 0.29) is 36.3 Å². The number of nitrogens with one attached hydrogen (secondary N) is 2. The summed E-state index contributed by atoms with van der Waals surface area (Å²) in [5, 5.41) is 8.31. The summed E-state index contributed by atoms with van der Waals surface area (Å²) in [7, 11) is 0. The number of rotatable bonds is 3. The van der Waals surface area contributed by atoms with Crippen molar-refractivity contribution in [2.24, 2.45) is 0 Å². The second-order valence-corrected chi connectivity index (χ2v) is 6.61. The van der Waals surface area contributed by atoms with Crippen LogP contribution in [0.3, 0.4) is 0 Å². The molecule has 2 saturated heterocycles. The van der Waals surface area contributed by atoms with Crippen LogP contribution in [0.4, 0.5) is 0 Å². The fourth-order valence-corrected chi connectivity index (χ4v) is 3.77. The maximum atomic E-state index is 12.5. The standard InChI is InChI=1S/C15H21N3O2S.ClH/c19-14(17-11-5-7-16-8-6-11)12-3-1-9-18(12)15(20)13-4-2-10-21-13;/h2,4,10-12,16H,1,3,5-9H2,(H,17,19);1H. The lowest BCUT2D eigenvalue weighted by atomic mass is 10.1. The van der Waals surface area contributed by atoms with Crippen LogP contribution in [-0.4, -0.2) is 48.4 Å². The first kappa shape index (κ1) is 17.2. The fraction of sp³-hybridized carbons (Fsp3) is 0.600. The minimum Gasteiger partial charge on any atom is -0.351 e. The number of hydrogen-bond donors (Lipinski definition) is 2. The number of piperidine rings is 1. The molecule has 1 aromatic heterocycles. The largest absolute Gasteiger partial charge is 0.351 e. The van der Waals surface area contributed by atoms with Crippen LogP contribution in [-0.2, 0) is 4.79 Å². The van der Waals surface area contributed by atoms with Crippen LogP contribution >= 0.6 is 23.7 Å². The molecule has 0 aliphatic carbocycles. The Labute approximate surface area is 140 Å². The van der Waals surface area contributed by atoms with Crippen molar-refractivity contribution < 1.29 is 9.59 Å². The minimum absolute atomic E-state index is 0. The summed E-state index contributed by atoms with van der Waals surface area (Å²) in [6.07, 6.45) is 3.62. The molecule has 2 N–H and O–H groups in total. The quantitative estimate of drug-likeness (QED) is 0.877. The normalized spacial score (nSPS) is 22.2. The molecule has 5 nitrogen and oxygen atoms in total. The van der Waals surface area contributed by atoms with Gasteiger partial charge in [0.2, 0.25) is 5.91 Å². The van der Waals surface area contributed by atoms with E-state index in [1.165, 1.54) is 11.3 Å². The molecule has 0 saturated carbocycles. The van der Waals surface area contributed by atoms with Crippen LogP contribution in [0.2, 0.25) is 0 Å². The summed E-state index contributed by atoms with van der Waals surface area (Å²) < 4.78 is 0. The number of carbonyl (C=O) groups is 2. The predicted molar refractivity (Wildman–Crippen MR) is 89.7 cm³/mol. The number of likely N-dealkylation sites (tertiary alicyclic amines) is 1. The van der Waals surface area contributed by atoms with Crippen LogP contribution in [0.15, 0.2) is 17.5 Å². The van der Waals surface area contributed by atoms with Gasteiger partial charge in [-0.1, -0.05) is 6.07 Å². The topological polar surface area (TPSA) is 61.4 Å². The Morgan fingerprint density at radius 2 is 2.05 bits per heavy atom. The third kappa shape index (κ3) is 3.80. The maximum absolute atomic E-state index is 12.5. The Balaban J connectivity index is 0.00000176. The van der Waals surface area contributed by atoms with Crippen molar-refractivity contribution in [1.82, 2.24) is 15.5 Å². The van der Waals surface area contributed by atoms with Crippen LogP contribution in [0, 0.1) is 0 Å². The van der Waals surface area contributed by atoms with Crippen molar-refractivity contribution in [2.75, 3.05) is 19.6 Å². The van der Waals surface area contributed by atoms with E-state index < -0.39 is 0 Å². The van der Waals surface area contributed by atoms with Gasteiger partial charge in [-0.05, 0) is 50.2 Å². The number of halogens is 1. The highest BCUT2D eigenvalue weighted by molar-refractivity contribution is 7.12. The number of carbonyl (C=O) groups excluding carboxylic acids is 2. The molecule has 3 rings (SSSR count). The van der Waals surface area contributed by atoms with E-state index in [1.807, 2.05) is 17.5 Å². The van der Waals surface area contributed by atoms with Gasteiger partial charge in [-0.15, -0.1) is 23.7 Å². The Morgan fingerprint density at radius 3 is 2.73 bits per heavy atom. The van der Waals surface area contributed by atoms with Gasteiger partial charge in [0.1, 0.15) is 6.04 Å². The number of thiophene rings is 1. The lowest BCUT2D eigenvalue weighted by Crippen LogP contribution is -2.50. The summed E-state index contributed by atoms with van der Waals surface area (Å²) in [6, 6.07) is 3.65. The summed E-state index contributed by atoms with van der Waals surface area (Å²) in [6.45, 7) is 2.59. The predicted octanol–water partition coefficient (Wildman–Crippen LogP) is 1.64. The zero-order valence-corrected chi connectivity index (χ0v) is 14.0. The van der Waals surface area contributed by atoms with Crippen molar-refractivity contribution >= 4 is 35.6 Å². The number of hydrogen-bond acceptors (Lipinski definition) is 4. The van der Waals surface area contributed by atoms with Crippen LogP contribution in [0.5, 0.6) is 0 Å². The second-order valence-electron chi connectivity index (χ2n) is 5.67. The SMILES string of the molecule is Cl.O=C(NC1CCNCC1)C1CCCN1C(=O)c1cccs1. The Hall–Kier alpha value is -1.11. The molecule has 122 valence electrons. The van der Waals surface area contributed by atoms with E-state index in [0.29, 0.717) is 6.54 Å². The van der Waals surface area contributed by atoms with Crippen molar-refractivity contribution in [3.63, 3.8) is 0 Å². The minimum atomic E-state index is -0.297. The Bertz CT molecular complexity index is 503. The van der Waals surface area contributed by atoms with Crippen molar-refractivity contribution in [3.05, 3.63) is 22.4 Å². The van der Waals surface area contributed by atoms with Crippen LogP contribution < -0.4 is 10.6 Å². The van der Waals surface area contributed by atoms with Gasteiger partial charge in [-0.25, -0.2) is 0 Å². The van der Waals surface area contributed by atoms with Gasteiger partial charge in [-0.3, -0.25) is 9.59 Å². The summed E-state index contributed by atoms with van der Waals surface area (Å²) in [5.41, 5.74) is 0. The van der Waals surface area contributed by atoms with Gasteiger partial charge in [0.25, 0.3) is 5.91 Å². The molecular weight excluding hydrogens is 322 g/mol. The van der Waals surface area contributed by atoms with E-state index in [2.05, 4.69) is 10.6 Å². The molecule has 2 aliphatic rings. The van der Waals surface area contributed by atoms with Gasteiger partial charge >= 0.3 is 0 Å². The van der Waals surface area contributed by atoms with Gasteiger partial charge in [0.05, 0.1) is 4.88 Å². The summed E-state index contributed by atoms with van der Waals surface area (Å²) in [5.74, 6) is 0.0114. The number of nitrogens with zero attached hydrogens (tertiary/aromatic N) is 1. The molecule has 3 heterocycles. The summed E-state index contributed by atoms with van der Waals surface area (Å²) >= 11 is 1.44. The molecule has 1 aromatic rings. The van der Waals surface area contributed by atoms with Crippen molar-refractivity contribution in [1.29, 1.82) is 0 Å². The fourth-order valence-electron chi connectivity index (χ4n) is 3.09. The molecule has 0 aromatic carbocycles. The molecule has 1 atom stereocenters. The van der Waals surface area contributed by atoms with Crippen LogP contribution in [0.25, 0.3) is 0 Å². The first-order valence-electron chi connectivity index (χ1n) is 7.61. The Morgan fingerprint density at radius 1 is 1.27 bits per heavy atom. The zero-order valence-electron chi connectivity index (χ0n) is 12.4. The van der Waals surface area contributed by atoms with E-state index >= 15 is 0 Å². The van der Waals surface area contributed by atoms with Gasteiger partial charge in [0, 0.05) is 12.6 Å². The smallest absolute Gasteiger partial charge is 0.264 e. The molecule has 2 aliphatic heterocycles. The van der Waals surface area contributed by atoms with Gasteiger partial charge in [0.15, 0.2) is 0 Å². The summed E-state index contributed by atoms with van der Waals surface area (Å²) in [4.78, 5) is 27.4. The van der Waals surface area contributed by atoms with E-state index in [1.54, 1.807) is 4.90 Å². The third-order valence-electron chi connectivity index (χ3n) is 4.23. The van der Waals surface area contributed by atoms with E-state index in [9.17, 15) is 9.59 Å². The highest BCUT2D eigenvalue weighted by atomic mass is 35.5.